The summed E-state index contributed by atoms with van der Waals surface area (Å²) in [6, 6.07) is 6.40. The number of nitrogens with zero attached hydrogens (tertiary/aromatic N) is 3. The Balaban J connectivity index is 1.54. The highest BCUT2D eigenvalue weighted by atomic mass is 19.1. The normalized spacial score (nSPS) is 19.5. The number of primary amides is 1. The highest BCUT2D eigenvalue weighted by molar-refractivity contribution is 5.83. The lowest BCUT2D eigenvalue weighted by atomic mass is 9.90. The molecule has 0 unspecified atom stereocenters. The molecule has 4 rings (SSSR count). The summed E-state index contributed by atoms with van der Waals surface area (Å²) in [6.45, 7) is 1.90. The molecule has 0 saturated carbocycles. The average molecular weight is 358 g/mol. The second-order valence-electron chi connectivity index (χ2n) is 7.29. The van der Waals surface area contributed by atoms with Gasteiger partial charge >= 0.3 is 0 Å². The van der Waals surface area contributed by atoms with E-state index in [-0.39, 0.29) is 5.82 Å². The van der Waals surface area contributed by atoms with Gasteiger partial charge in [0, 0.05) is 25.3 Å². The van der Waals surface area contributed by atoms with Crippen molar-refractivity contribution in [2.24, 2.45) is 5.73 Å². The highest BCUT2D eigenvalue weighted by Gasteiger charge is 2.38. The minimum Gasteiger partial charge on any atom is -0.380 e. The van der Waals surface area contributed by atoms with Crippen LogP contribution in [0.1, 0.15) is 36.2 Å². The number of carbonyl (C=O) groups excluding carboxylic acids is 1. The van der Waals surface area contributed by atoms with Gasteiger partial charge in [0.2, 0.25) is 5.91 Å². The van der Waals surface area contributed by atoms with Gasteiger partial charge in [0.25, 0.3) is 0 Å². The van der Waals surface area contributed by atoms with Gasteiger partial charge < -0.3 is 10.8 Å². The third-order valence-corrected chi connectivity index (χ3v) is 5.60. The van der Waals surface area contributed by atoms with Crippen molar-refractivity contribution >= 4 is 5.91 Å². The van der Waals surface area contributed by atoms with Crippen LogP contribution in [0.5, 0.6) is 0 Å². The van der Waals surface area contributed by atoms with Crippen LogP contribution in [0.15, 0.2) is 24.3 Å². The number of fused-ring (bicyclic) bond motifs is 1. The zero-order valence-corrected chi connectivity index (χ0v) is 14.6. The minimum atomic E-state index is -1.38. The maximum absolute atomic E-state index is 13.2. The number of hydrogen-bond acceptors (Lipinski definition) is 4. The maximum Gasteiger partial charge on any atom is 0.249 e. The molecule has 0 spiro atoms. The van der Waals surface area contributed by atoms with Crippen LogP contribution in [0.25, 0.3) is 5.69 Å². The van der Waals surface area contributed by atoms with Crippen LogP contribution in [0, 0.1) is 5.82 Å². The molecule has 1 aliphatic heterocycles. The van der Waals surface area contributed by atoms with Crippen molar-refractivity contribution in [3.05, 3.63) is 47.0 Å². The van der Waals surface area contributed by atoms with E-state index in [1.165, 1.54) is 23.4 Å². The molecule has 2 aliphatic rings. The van der Waals surface area contributed by atoms with Crippen LogP contribution in [0.4, 0.5) is 4.39 Å². The molecule has 2 heterocycles. The van der Waals surface area contributed by atoms with Gasteiger partial charge in [0.15, 0.2) is 0 Å². The molecule has 1 aliphatic carbocycles. The summed E-state index contributed by atoms with van der Waals surface area (Å²) < 4.78 is 15.2. The van der Waals surface area contributed by atoms with Crippen LogP contribution in [0.2, 0.25) is 0 Å². The first-order chi connectivity index (χ1) is 12.5. The number of amides is 1. The van der Waals surface area contributed by atoms with Crippen molar-refractivity contribution in [1.82, 2.24) is 14.7 Å². The molecule has 1 fully saturated rings. The molecule has 1 saturated heterocycles. The Hall–Kier alpha value is -2.25. The second kappa shape index (κ2) is 6.48. The van der Waals surface area contributed by atoms with Crippen LogP contribution >= 0.6 is 0 Å². The number of benzene rings is 1. The fraction of sp³-hybridized carbons (Fsp3) is 0.474. The number of piperidine rings is 1. The smallest absolute Gasteiger partial charge is 0.249 e. The molecule has 0 bridgehead atoms. The fourth-order valence-corrected chi connectivity index (χ4v) is 3.98. The van der Waals surface area contributed by atoms with Crippen molar-refractivity contribution in [3.8, 4) is 5.69 Å². The van der Waals surface area contributed by atoms with Crippen LogP contribution in [0.3, 0.4) is 0 Å². The lowest BCUT2D eigenvalue weighted by Gasteiger charge is -2.35. The number of rotatable bonds is 4. The van der Waals surface area contributed by atoms with E-state index in [1.54, 1.807) is 12.1 Å². The van der Waals surface area contributed by atoms with Gasteiger partial charge in [-0.25, -0.2) is 9.07 Å². The Morgan fingerprint density at radius 2 is 1.92 bits per heavy atom. The largest absolute Gasteiger partial charge is 0.380 e. The fourth-order valence-electron chi connectivity index (χ4n) is 3.98. The first kappa shape index (κ1) is 17.2. The van der Waals surface area contributed by atoms with E-state index in [0.29, 0.717) is 32.5 Å². The Morgan fingerprint density at radius 1 is 1.23 bits per heavy atom. The molecule has 2 aromatic rings. The van der Waals surface area contributed by atoms with E-state index in [2.05, 4.69) is 4.90 Å². The summed E-state index contributed by atoms with van der Waals surface area (Å²) in [5.41, 5.74) is 8.31. The molecule has 138 valence electrons. The molecule has 1 amide bonds. The number of nitrogens with two attached hydrogens (primary N) is 1. The SMILES string of the molecule is NC(=O)C1(O)CCN(Cc2nn(-c3ccc(F)cc3)c3c2CCC3)CC1. The lowest BCUT2D eigenvalue weighted by Crippen LogP contribution is -2.52. The van der Waals surface area contributed by atoms with E-state index in [1.807, 2.05) is 4.68 Å². The third-order valence-electron chi connectivity index (χ3n) is 5.60. The first-order valence-electron chi connectivity index (χ1n) is 9.06. The summed E-state index contributed by atoms with van der Waals surface area (Å²) in [6.07, 6.45) is 3.78. The van der Waals surface area contributed by atoms with Gasteiger partial charge in [0.05, 0.1) is 11.4 Å². The molecule has 1 aromatic carbocycles. The van der Waals surface area contributed by atoms with Gasteiger partial charge in [-0.2, -0.15) is 5.10 Å². The monoisotopic (exact) mass is 358 g/mol. The predicted molar refractivity (Wildman–Crippen MR) is 94.2 cm³/mol. The number of hydrogen-bond donors (Lipinski definition) is 2. The van der Waals surface area contributed by atoms with Crippen LogP contribution in [-0.4, -0.2) is 44.4 Å². The van der Waals surface area contributed by atoms with Crippen LogP contribution in [-0.2, 0) is 24.2 Å². The topological polar surface area (TPSA) is 84.4 Å². The van der Waals surface area contributed by atoms with Crippen molar-refractivity contribution in [2.45, 2.75) is 44.2 Å². The molecule has 1 aromatic heterocycles. The summed E-state index contributed by atoms with van der Waals surface area (Å²) in [5, 5.41) is 15.0. The summed E-state index contributed by atoms with van der Waals surface area (Å²) in [4.78, 5) is 13.6. The Bertz CT molecular complexity index is 823. The minimum absolute atomic E-state index is 0.256. The molecule has 26 heavy (non-hydrogen) atoms. The summed E-state index contributed by atoms with van der Waals surface area (Å²) in [5.74, 6) is -0.897. The molecule has 0 atom stereocenters. The quantitative estimate of drug-likeness (QED) is 0.863. The highest BCUT2D eigenvalue weighted by Crippen LogP contribution is 2.30. The van der Waals surface area contributed by atoms with Gasteiger partial charge in [-0.1, -0.05) is 0 Å². The van der Waals surface area contributed by atoms with Gasteiger partial charge in [0.1, 0.15) is 11.4 Å². The number of carbonyl (C=O) groups is 1. The second-order valence-corrected chi connectivity index (χ2v) is 7.29. The molecular weight excluding hydrogens is 335 g/mol. The van der Waals surface area contributed by atoms with Crippen LogP contribution < -0.4 is 5.73 Å². The number of likely N-dealkylation sites (tertiary alicyclic amines) is 1. The van der Waals surface area contributed by atoms with Gasteiger partial charge in [-0.3, -0.25) is 9.69 Å². The zero-order chi connectivity index (χ0) is 18.3. The van der Waals surface area contributed by atoms with Crippen molar-refractivity contribution in [2.75, 3.05) is 13.1 Å². The third kappa shape index (κ3) is 3.01. The predicted octanol–water partition coefficient (Wildman–Crippen LogP) is 1.31. The molecular formula is C19H23FN4O2. The zero-order valence-electron chi connectivity index (χ0n) is 14.6. The maximum atomic E-state index is 13.2. The molecule has 6 nitrogen and oxygen atoms in total. The summed E-state index contributed by atoms with van der Waals surface area (Å²) in [7, 11) is 0. The first-order valence-corrected chi connectivity index (χ1v) is 9.06. The molecule has 7 heteroatoms. The average Bonchev–Trinajstić information content (AvgIpc) is 3.22. The van der Waals surface area contributed by atoms with E-state index in [9.17, 15) is 14.3 Å². The van der Waals surface area contributed by atoms with Gasteiger partial charge in [-0.15, -0.1) is 0 Å². The van der Waals surface area contributed by atoms with E-state index < -0.39 is 11.5 Å². The Morgan fingerprint density at radius 3 is 2.58 bits per heavy atom. The summed E-state index contributed by atoms with van der Waals surface area (Å²) >= 11 is 0. The standard InChI is InChI=1S/C19H23FN4O2/c20-13-4-6-14(7-5-13)24-17-3-1-2-15(17)16(22-24)12-23-10-8-19(26,9-11-23)18(21)25/h4-7,26H,1-3,8-12H2,(H2,21,25). The van der Waals surface area contributed by atoms with Crippen molar-refractivity contribution < 1.29 is 14.3 Å². The number of halogens is 1. The number of aliphatic hydroxyl groups is 1. The van der Waals surface area contributed by atoms with Crippen molar-refractivity contribution in [3.63, 3.8) is 0 Å². The molecule has 3 N–H and O–H groups in total. The Labute approximate surface area is 151 Å². The lowest BCUT2D eigenvalue weighted by molar-refractivity contribution is -0.141. The Kier molecular flexibility index (Phi) is 4.28. The van der Waals surface area contributed by atoms with E-state index in [0.717, 1.165) is 30.6 Å². The number of aromatic nitrogens is 2. The van der Waals surface area contributed by atoms with Crippen molar-refractivity contribution in [1.29, 1.82) is 0 Å². The molecule has 0 radical (unpaired) electrons. The van der Waals surface area contributed by atoms with E-state index >= 15 is 0 Å². The van der Waals surface area contributed by atoms with E-state index in [4.69, 9.17) is 10.8 Å². The van der Waals surface area contributed by atoms with Gasteiger partial charge in [-0.05, 0) is 61.9 Å².